The Morgan fingerprint density at radius 2 is 1.76 bits per heavy atom. The second kappa shape index (κ2) is 7.10. The third kappa shape index (κ3) is 4.47. The summed E-state index contributed by atoms with van der Waals surface area (Å²) in [6.45, 7) is 0. The molecule has 6 heteroatoms. The van der Waals surface area contributed by atoms with Crippen LogP contribution in [0, 0.1) is 0 Å². The maximum absolute atomic E-state index is 11.0. The standard InChI is InChI=1S/C15H15N3OS2/c1-21-13-4-2-3-12(9-13)18-15(20)17-11-7-5-10(6-8-11)14(16)19/h2-9H,1H3,(H2,16,19)(H2,17,18,20). The van der Waals surface area contributed by atoms with Crippen molar-refractivity contribution in [2.75, 3.05) is 16.9 Å². The fraction of sp³-hybridized carbons (Fsp3) is 0.0667. The van der Waals surface area contributed by atoms with Crippen molar-refractivity contribution in [3.8, 4) is 0 Å². The summed E-state index contributed by atoms with van der Waals surface area (Å²) in [7, 11) is 0. The Labute approximate surface area is 133 Å². The number of rotatable bonds is 4. The number of carbonyl (C=O) groups excluding carboxylic acids is 1. The molecule has 2 aromatic carbocycles. The first kappa shape index (κ1) is 15.3. The Morgan fingerprint density at radius 3 is 2.38 bits per heavy atom. The SMILES string of the molecule is CSc1cccc(NC(=S)Nc2ccc(C(N)=O)cc2)c1. The Bertz CT molecular complexity index is 656. The van der Waals surface area contributed by atoms with Crippen LogP contribution in [0.3, 0.4) is 0 Å². The van der Waals surface area contributed by atoms with Crippen molar-refractivity contribution in [3.05, 3.63) is 54.1 Å². The van der Waals surface area contributed by atoms with Gasteiger partial charge in [0, 0.05) is 21.8 Å². The highest BCUT2D eigenvalue weighted by Gasteiger charge is 2.02. The predicted octanol–water partition coefficient (Wildman–Crippen LogP) is 3.32. The monoisotopic (exact) mass is 317 g/mol. The second-order valence-corrected chi connectivity index (χ2v) is 5.54. The van der Waals surface area contributed by atoms with Crippen molar-refractivity contribution < 1.29 is 4.79 Å². The van der Waals surface area contributed by atoms with Gasteiger partial charge in [-0.05, 0) is 60.9 Å². The van der Waals surface area contributed by atoms with E-state index in [2.05, 4.69) is 10.6 Å². The molecule has 0 aliphatic rings. The van der Waals surface area contributed by atoms with Crippen LogP contribution in [0.5, 0.6) is 0 Å². The van der Waals surface area contributed by atoms with Crippen LogP contribution in [0.15, 0.2) is 53.4 Å². The Balaban J connectivity index is 1.99. The molecular weight excluding hydrogens is 302 g/mol. The molecule has 4 N–H and O–H groups in total. The minimum Gasteiger partial charge on any atom is -0.366 e. The summed E-state index contributed by atoms with van der Waals surface area (Å²) >= 11 is 6.93. The highest BCUT2D eigenvalue weighted by molar-refractivity contribution is 7.98. The van der Waals surface area contributed by atoms with E-state index < -0.39 is 5.91 Å². The summed E-state index contributed by atoms with van der Waals surface area (Å²) in [4.78, 5) is 12.2. The number of amides is 1. The largest absolute Gasteiger partial charge is 0.366 e. The Hall–Kier alpha value is -2.05. The number of hydrogen-bond acceptors (Lipinski definition) is 3. The number of thiocarbonyl (C=S) groups is 1. The summed E-state index contributed by atoms with van der Waals surface area (Å²) in [5.74, 6) is -0.448. The molecule has 0 aromatic heterocycles. The van der Waals surface area contributed by atoms with Gasteiger partial charge in [0.05, 0.1) is 0 Å². The zero-order chi connectivity index (χ0) is 15.2. The van der Waals surface area contributed by atoms with Crippen molar-refractivity contribution in [2.24, 2.45) is 5.73 Å². The smallest absolute Gasteiger partial charge is 0.248 e. The fourth-order valence-electron chi connectivity index (χ4n) is 1.71. The van der Waals surface area contributed by atoms with E-state index in [-0.39, 0.29) is 0 Å². The van der Waals surface area contributed by atoms with E-state index in [0.717, 1.165) is 16.3 Å². The predicted molar refractivity (Wildman–Crippen MR) is 93.0 cm³/mol. The molecule has 2 aromatic rings. The second-order valence-electron chi connectivity index (χ2n) is 4.25. The fourth-order valence-corrected chi connectivity index (χ4v) is 2.41. The average Bonchev–Trinajstić information content (AvgIpc) is 2.47. The lowest BCUT2D eigenvalue weighted by Gasteiger charge is -2.11. The lowest BCUT2D eigenvalue weighted by Crippen LogP contribution is -2.19. The van der Waals surface area contributed by atoms with Gasteiger partial charge >= 0.3 is 0 Å². The number of benzene rings is 2. The van der Waals surface area contributed by atoms with Crippen molar-refractivity contribution in [3.63, 3.8) is 0 Å². The lowest BCUT2D eigenvalue weighted by molar-refractivity contribution is 0.100. The number of nitrogens with two attached hydrogens (primary N) is 1. The first-order chi connectivity index (χ1) is 10.1. The number of nitrogens with one attached hydrogen (secondary N) is 2. The van der Waals surface area contributed by atoms with E-state index in [1.165, 1.54) is 0 Å². The molecule has 4 nitrogen and oxygen atoms in total. The van der Waals surface area contributed by atoms with E-state index in [1.807, 2.05) is 30.5 Å². The minimum absolute atomic E-state index is 0.448. The van der Waals surface area contributed by atoms with Crippen LogP contribution in [-0.4, -0.2) is 17.3 Å². The van der Waals surface area contributed by atoms with Gasteiger partial charge in [-0.25, -0.2) is 0 Å². The van der Waals surface area contributed by atoms with Gasteiger partial charge in [0.2, 0.25) is 5.91 Å². The van der Waals surface area contributed by atoms with Gasteiger partial charge in [-0.3, -0.25) is 4.79 Å². The first-order valence-electron chi connectivity index (χ1n) is 6.20. The van der Waals surface area contributed by atoms with Crippen LogP contribution < -0.4 is 16.4 Å². The maximum Gasteiger partial charge on any atom is 0.248 e. The molecule has 0 spiro atoms. The highest BCUT2D eigenvalue weighted by atomic mass is 32.2. The summed E-state index contributed by atoms with van der Waals surface area (Å²) in [6.07, 6.45) is 2.02. The topological polar surface area (TPSA) is 67.2 Å². The van der Waals surface area contributed by atoms with Crippen LogP contribution in [0.1, 0.15) is 10.4 Å². The van der Waals surface area contributed by atoms with Crippen LogP contribution in [-0.2, 0) is 0 Å². The molecule has 0 saturated carbocycles. The molecule has 1 amide bonds. The number of thioether (sulfide) groups is 1. The molecule has 21 heavy (non-hydrogen) atoms. The Morgan fingerprint density at radius 1 is 1.10 bits per heavy atom. The maximum atomic E-state index is 11.0. The zero-order valence-corrected chi connectivity index (χ0v) is 13.1. The summed E-state index contributed by atoms with van der Waals surface area (Å²) in [5, 5.41) is 6.66. The van der Waals surface area contributed by atoms with Gasteiger partial charge in [0.1, 0.15) is 0 Å². The number of primary amides is 1. The van der Waals surface area contributed by atoms with Crippen LogP contribution in [0.4, 0.5) is 11.4 Å². The molecule has 0 aliphatic heterocycles. The molecular formula is C15H15N3OS2. The summed E-state index contributed by atoms with van der Waals surface area (Å²) in [6, 6.07) is 14.8. The molecule has 0 aliphatic carbocycles. The lowest BCUT2D eigenvalue weighted by atomic mass is 10.2. The molecule has 0 fully saturated rings. The number of hydrogen-bond donors (Lipinski definition) is 3. The van der Waals surface area contributed by atoms with E-state index in [4.69, 9.17) is 18.0 Å². The van der Waals surface area contributed by atoms with E-state index in [9.17, 15) is 4.79 Å². The molecule has 2 rings (SSSR count). The molecule has 0 atom stereocenters. The molecule has 0 bridgehead atoms. The first-order valence-corrected chi connectivity index (χ1v) is 7.84. The highest BCUT2D eigenvalue weighted by Crippen LogP contribution is 2.19. The molecule has 0 radical (unpaired) electrons. The van der Waals surface area contributed by atoms with Crippen molar-refractivity contribution in [1.29, 1.82) is 0 Å². The van der Waals surface area contributed by atoms with Gasteiger partial charge < -0.3 is 16.4 Å². The molecule has 0 unspecified atom stereocenters. The van der Waals surface area contributed by atoms with Gasteiger partial charge in [-0.1, -0.05) is 6.07 Å². The quantitative estimate of drug-likeness (QED) is 0.596. The van der Waals surface area contributed by atoms with Crippen molar-refractivity contribution >= 4 is 46.4 Å². The van der Waals surface area contributed by atoms with Crippen LogP contribution >= 0.6 is 24.0 Å². The van der Waals surface area contributed by atoms with Gasteiger partial charge in [-0.15, -0.1) is 11.8 Å². The van der Waals surface area contributed by atoms with Gasteiger partial charge in [-0.2, -0.15) is 0 Å². The van der Waals surface area contributed by atoms with E-state index >= 15 is 0 Å². The van der Waals surface area contributed by atoms with E-state index in [0.29, 0.717) is 10.7 Å². The normalized spacial score (nSPS) is 9.95. The van der Waals surface area contributed by atoms with Crippen LogP contribution in [0.2, 0.25) is 0 Å². The molecule has 0 heterocycles. The summed E-state index contributed by atoms with van der Waals surface area (Å²) < 4.78 is 0. The third-order valence-corrected chi connectivity index (χ3v) is 3.68. The Kier molecular flexibility index (Phi) is 5.19. The van der Waals surface area contributed by atoms with Crippen molar-refractivity contribution in [2.45, 2.75) is 4.90 Å². The van der Waals surface area contributed by atoms with Gasteiger partial charge in [0.15, 0.2) is 5.11 Å². The number of anilines is 2. The zero-order valence-electron chi connectivity index (χ0n) is 11.4. The summed E-state index contributed by atoms with van der Waals surface area (Å²) in [5.41, 5.74) is 7.37. The number of carbonyl (C=O) groups is 1. The van der Waals surface area contributed by atoms with Gasteiger partial charge in [0.25, 0.3) is 0 Å². The minimum atomic E-state index is -0.448. The van der Waals surface area contributed by atoms with Crippen molar-refractivity contribution in [1.82, 2.24) is 0 Å². The molecule has 108 valence electrons. The average molecular weight is 317 g/mol. The van der Waals surface area contributed by atoms with E-state index in [1.54, 1.807) is 36.0 Å². The third-order valence-electron chi connectivity index (χ3n) is 2.75. The molecule has 0 saturated heterocycles. The van der Waals surface area contributed by atoms with Crippen LogP contribution in [0.25, 0.3) is 0 Å².